The second kappa shape index (κ2) is 29.4. The molecule has 0 spiro atoms. The van der Waals surface area contributed by atoms with Crippen molar-refractivity contribution in [1.29, 1.82) is 0 Å². The molecular weight excluding hydrogens is 573 g/mol. The van der Waals surface area contributed by atoms with Crippen LogP contribution in [0.1, 0.15) is 168 Å². The highest BCUT2D eigenvalue weighted by Crippen LogP contribution is 2.20. The van der Waals surface area contributed by atoms with Gasteiger partial charge in [-0.2, -0.15) is 0 Å². The summed E-state index contributed by atoms with van der Waals surface area (Å²) in [5, 5.41) is 0. The maximum Gasteiger partial charge on any atom is 0.169 e. The van der Waals surface area contributed by atoms with Gasteiger partial charge in [0.05, 0.1) is 0 Å². The van der Waals surface area contributed by atoms with Crippen LogP contribution in [0.5, 0.6) is 0 Å². The topological polar surface area (TPSA) is 7.76 Å². The van der Waals surface area contributed by atoms with E-state index >= 15 is 0 Å². The van der Waals surface area contributed by atoms with E-state index in [2.05, 4.69) is 72.0 Å². The smallest absolute Gasteiger partial charge is 0.169 e. The number of pyridine rings is 2. The third-order valence-electron chi connectivity index (χ3n) is 8.84. The minimum absolute atomic E-state index is 1.17. The van der Waals surface area contributed by atoms with E-state index in [1.807, 2.05) is 23.5 Å². The Bertz CT molecular complexity index is 794. The lowest BCUT2D eigenvalue weighted by Crippen LogP contribution is -2.32. The van der Waals surface area contributed by atoms with Crippen molar-refractivity contribution in [1.82, 2.24) is 0 Å². The minimum Gasteiger partial charge on any atom is -0.205 e. The average molecular weight is 643 g/mol. The number of hydrogen-bond acceptors (Lipinski definition) is 2. The number of rotatable bonds is 31. The summed E-state index contributed by atoms with van der Waals surface area (Å²) in [5.74, 6) is 2.52. The van der Waals surface area contributed by atoms with Gasteiger partial charge in [-0.05, 0) is 37.2 Å². The van der Waals surface area contributed by atoms with Crippen LogP contribution < -0.4 is 9.13 Å². The van der Waals surface area contributed by atoms with Gasteiger partial charge in [0.2, 0.25) is 0 Å². The van der Waals surface area contributed by atoms with E-state index in [4.69, 9.17) is 0 Å². The molecule has 0 saturated heterocycles. The molecule has 0 fully saturated rings. The summed E-state index contributed by atoms with van der Waals surface area (Å²) in [4.78, 5) is 2.87. The normalized spacial score (nSPS) is 11.4. The van der Waals surface area contributed by atoms with Crippen molar-refractivity contribution >= 4 is 23.5 Å². The Morgan fingerprint density at radius 2 is 0.636 bits per heavy atom. The minimum atomic E-state index is 1.17. The molecule has 2 aromatic heterocycles. The molecule has 0 atom stereocenters. The molecule has 0 aliphatic carbocycles. The van der Waals surface area contributed by atoms with E-state index in [0.29, 0.717) is 0 Å². The van der Waals surface area contributed by atoms with Crippen molar-refractivity contribution in [2.24, 2.45) is 0 Å². The zero-order valence-electron chi connectivity index (χ0n) is 29.1. The molecule has 2 nitrogen and oxygen atoms in total. The van der Waals surface area contributed by atoms with Crippen molar-refractivity contribution in [2.75, 3.05) is 11.5 Å². The first-order valence-corrected chi connectivity index (χ1v) is 21.0. The summed E-state index contributed by atoms with van der Waals surface area (Å²) in [7, 11) is 0. The van der Waals surface area contributed by atoms with Gasteiger partial charge in [-0.1, -0.05) is 129 Å². The van der Waals surface area contributed by atoms with Crippen LogP contribution in [0, 0.1) is 0 Å². The summed E-state index contributed by atoms with van der Waals surface area (Å²) in [6, 6.07) is 9.28. The molecule has 0 aliphatic rings. The highest BCUT2D eigenvalue weighted by atomic mass is 32.2. The second-order valence-corrected chi connectivity index (χ2v) is 15.4. The first-order valence-electron chi connectivity index (χ1n) is 19.1. The molecule has 250 valence electrons. The number of aryl methyl sites for hydroxylation is 2. The van der Waals surface area contributed by atoms with Gasteiger partial charge in [-0.3, -0.25) is 0 Å². The third kappa shape index (κ3) is 22.5. The molecule has 2 heterocycles. The van der Waals surface area contributed by atoms with Crippen LogP contribution >= 0.6 is 23.5 Å². The predicted octanol–water partition coefficient (Wildman–Crippen LogP) is 12.5. The van der Waals surface area contributed by atoms with E-state index in [0.717, 1.165) is 0 Å². The molecule has 0 N–H and O–H groups in total. The molecule has 2 rings (SSSR count). The van der Waals surface area contributed by atoms with Crippen molar-refractivity contribution in [2.45, 2.75) is 191 Å². The summed E-state index contributed by atoms with van der Waals surface area (Å²) in [6.45, 7) is 6.93. The van der Waals surface area contributed by atoms with Gasteiger partial charge in [0.15, 0.2) is 24.8 Å². The first kappa shape index (κ1) is 39.2. The Morgan fingerprint density at radius 3 is 0.955 bits per heavy atom. The van der Waals surface area contributed by atoms with Crippen molar-refractivity contribution < 1.29 is 9.13 Å². The molecule has 0 amide bonds. The standard InChI is InChI=1S/C40H70N2S2/c1-3-5-7-9-11-15-19-23-31-41-33-27-39(28-34-41)43-37-25-21-17-13-14-18-22-26-38-44-40-29-35-42(36-30-40)32-24-20-16-12-10-8-6-4-2/h27-30,33-36H,3-26,31-32,37-38H2,1-2H3/q+2. The van der Waals surface area contributed by atoms with Gasteiger partial charge >= 0.3 is 0 Å². The predicted molar refractivity (Wildman–Crippen MR) is 197 cm³/mol. The maximum atomic E-state index is 2.37. The lowest BCUT2D eigenvalue weighted by Gasteiger charge is -2.04. The van der Waals surface area contributed by atoms with Crippen LogP contribution in [0.2, 0.25) is 0 Å². The summed E-state index contributed by atoms with van der Waals surface area (Å²) < 4.78 is 4.74. The number of hydrogen-bond donors (Lipinski definition) is 0. The van der Waals surface area contributed by atoms with Gasteiger partial charge < -0.3 is 0 Å². The monoisotopic (exact) mass is 642 g/mol. The lowest BCUT2D eigenvalue weighted by molar-refractivity contribution is -0.697. The number of thioether (sulfide) groups is 2. The number of aromatic nitrogens is 2. The fourth-order valence-corrected chi connectivity index (χ4v) is 7.68. The molecule has 0 aromatic carbocycles. The van der Waals surface area contributed by atoms with Crippen LogP contribution in [0.3, 0.4) is 0 Å². The van der Waals surface area contributed by atoms with E-state index in [1.54, 1.807) is 0 Å². The van der Waals surface area contributed by atoms with Crippen LogP contribution in [0.4, 0.5) is 0 Å². The quantitative estimate of drug-likeness (QED) is 0.0459. The Hall–Kier alpha value is -1.00. The van der Waals surface area contributed by atoms with Crippen molar-refractivity contribution in [3.8, 4) is 0 Å². The fraction of sp³-hybridized carbons (Fsp3) is 0.750. The van der Waals surface area contributed by atoms with Crippen LogP contribution in [-0.2, 0) is 13.1 Å². The molecule has 0 unspecified atom stereocenters. The van der Waals surface area contributed by atoms with Crippen LogP contribution in [0.15, 0.2) is 58.8 Å². The number of nitrogens with zero attached hydrogens (tertiary/aromatic N) is 2. The molecule has 0 saturated carbocycles. The highest BCUT2D eigenvalue weighted by molar-refractivity contribution is 7.99. The lowest BCUT2D eigenvalue weighted by atomic mass is 10.1. The Labute approximate surface area is 283 Å². The van der Waals surface area contributed by atoms with Gasteiger partial charge in [-0.25, -0.2) is 9.13 Å². The second-order valence-electron chi connectivity index (χ2n) is 13.0. The van der Waals surface area contributed by atoms with Gasteiger partial charge in [0.1, 0.15) is 13.1 Å². The van der Waals surface area contributed by atoms with E-state index in [1.165, 1.54) is 188 Å². The van der Waals surface area contributed by atoms with E-state index < -0.39 is 0 Å². The Balaban J connectivity index is 1.34. The zero-order chi connectivity index (χ0) is 31.2. The molecular formula is C40H70N2S2+2. The maximum absolute atomic E-state index is 2.37. The van der Waals surface area contributed by atoms with Crippen LogP contribution in [-0.4, -0.2) is 11.5 Å². The average Bonchev–Trinajstić information content (AvgIpc) is 3.05. The third-order valence-corrected chi connectivity index (χ3v) is 11.0. The molecule has 0 aliphatic heterocycles. The van der Waals surface area contributed by atoms with Gasteiger partial charge in [0, 0.05) is 46.9 Å². The highest BCUT2D eigenvalue weighted by Gasteiger charge is 2.04. The van der Waals surface area contributed by atoms with Crippen molar-refractivity contribution in [3.63, 3.8) is 0 Å². The van der Waals surface area contributed by atoms with E-state index in [9.17, 15) is 0 Å². The van der Waals surface area contributed by atoms with Gasteiger partial charge in [-0.15, -0.1) is 23.5 Å². The Kier molecular flexibility index (Phi) is 26.2. The summed E-state index contributed by atoms with van der Waals surface area (Å²) in [6.07, 6.45) is 42.6. The molecule has 2 aromatic rings. The zero-order valence-corrected chi connectivity index (χ0v) is 30.8. The first-order chi connectivity index (χ1) is 21.8. The Morgan fingerprint density at radius 1 is 0.364 bits per heavy atom. The molecule has 44 heavy (non-hydrogen) atoms. The summed E-state index contributed by atoms with van der Waals surface area (Å²) in [5.41, 5.74) is 0. The number of unbranched alkanes of at least 4 members (excludes halogenated alkanes) is 21. The largest absolute Gasteiger partial charge is 0.205 e. The molecule has 0 radical (unpaired) electrons. The molecule has 4 heteroatoms. The van der Waals surface area contributed by atoms with Crippen molar-refractivity contribution in [3.05, 3.63) is 49.1 Å². The van der Waals surface area contributed by atoms with E-state index in [-0.39, 0.29) is 0 Å². The fourth-order valence-electron chi connectivity index (χ4n) is 5.88. The van der Waals surface area contributed by atoms with Gasteiger partial charge in [0.25, 0.3) is 0 Å². The molecule has 0 bridgehead atoms. The SMILES string of the molecule is CCCCCCCCCC[n+]1ccc(SCCCCCCCCCCSc2cc[n+](CCCCCCCCCC)cc2)cc1. The summed E-state index contributed by atoms with van der Waals surface area (Å²) >= 11 is 4.07. The van der Waals surface area contributed by atoms with Crippen LogP contribution in [0.25, 0.3) is 0 Å².